The van der Waals surface area contributed by atoms with Crippen LogP contribution in [-0.2, 0) is 17.7 Å². The highest BCUT2D eigenvalue weighted by Gasteiger charge is 2.25. The van der Waals surface area contributed by atoms with Crippen molar-refractivity contribution in [3.63, 3.8) is 0 Å². The summed E-state index contributed by atoms with van der Waals surface area (Å²) in [6.07, 6.45) is 4.02. The van der Waals surface area contributed by atoms with E-state index in [0.29, 0.717) is 17.9 Å². The maximum Gasteiger partial charge on any atom is 0.142 e. The zero-order chi connectivity index (χ0) is 16.5. The summed E-state index contributed by atoms with van der Waals surface area (Å²) < 4.78 is 11.9. The van der Waals surface area contributed by atoms with Gasteiger partial charge in [-0.1, -0.05) is 0 Å². The van der Waals surface area contributed by atoms with E-state index in [1.165, 1.54) is 0 Å². The van der Waals surface area contributed by atoms with Crippen LogP contribution >= 0.6 is 0 Å². The summed E-state index contributed by atoms with van der Waals surface area (Å²) in [4.78, 5) is 4.42. The smallest absolute Gasteiger partial charge is 0.142 e. The lowest BCUT2D eigenvalue weighted by Gasteiger charge is -2.21. The fourth-order valence-corrected chi connectivity index (χ4v) is 3.52. The fourth-order valence-electron chi connectivity index (χ4n) is 3.52. The summed E-state index contributed by atoms with van der Waals surface area (Å²) in [5.74, 6) is 1.77. The van der Waals surface area contributed by atoms with Gasteiger partial charge in [0.05, 0.1) is 0 Å². The normalized spacial score (nSPS) is 20.4. The molecule has 4 rings (SSSR count). The highest BCUT2D eigenvalue weighted by molar-refractivity contribution is 5.76. The molecule has 2 aromatic heterocycles. The Morgan fingerprint density at radius 2 is 2.25 bits per heavy atom. The molecule has 3 N–H and O–H groups in total. The Balaban J connectivity index is 1.80. The molecule has 0 aromatic carbocycles. The summed E-state index contributed by atoms with van der Waals surface area (Å²) in [7, 11) is 0. The lowest BCUT2D eigenvalue weighted by molar-refractivity contribution is 0.00221. The number of nitrogens with one attached hydrogen (secondary N) is 1. The molecule has 0 saturated carbocycles. The van der Waals surface area contributed by atoms with Gasteiger partial charge >= 0.3 is 0 Å². The van der Waals surface area contributed by atoms with Crippen molar-refractivity contribution in [3.8, 4) is 17.4 Å². The SMILES string of the molecule is N#Cc1c(N)nc2c(c1-c1ccc(C3CCCCO3)o1)CNCC2. The second-order valence-electron chi connectivity index (χ2n) is 6.27. The van der Waals surface area contributed by atoms with E-state index in [1.807, 2.05) is 12.1 Å². The molecule has 124 valence electrons. The number of fused-ring (bicyclic) bond motifs is 1. The van der Waals surface area contributed by atoms with E-state index in [1.54, 1.807) is 0 Å². The molecule has 1 fully saturated rings. The number of anilines is 1. The van der Waals surface area contributed by atoms with Crippen LogP contribution in [0.25, 0.3) is 11.3 Å². The molecule has 1 unspecified atom stereocenters. The molecule has 2 aliphatic heterocycles. The van der Waals surface area contributed by atoms with E-state index in [2.05, 4.69) is 16.4 Å². The molecule has 0 bridgehead atoms. The van der Waals surface area contributed by atoms with E-state index < -0.39 is 0 Å². The summed E-state index contributed by atoms with van der Waals surface area (Å²) in [6.45, 7) is 2.30. The van der Waals surface area contributed by atoms with E-state index in [9.17, 15) is 5.26 Å². The average Bonchev–Trinajstić information content (AvgIpc) is 3.11. The highest BCUT2D eigenvalue weighted by Crippen LogP contribution is 2.37. The van der Waals surface area contributed by atoms with Crippen LogP contribution in [0.1, 0.15) is 47.9 Å². The van der Waals surface area contributed by atoms with Crippen molar-refractivity contribution in [2.75, 3.05) is 18.9 Å². The lowest BCUT2D eigenvalue weighted by Crippen LogP contribution is -2.26. The first-order chi connectivity index (χ1) is 11.8. The number of nitrogens with two attached hydrogens (primary N) is 1. The number of rotatable bonds is 2. The molecule has 0 amide bonds. The fraction of sp³-hybridized carbons (Fsp3) is 0.444. The molecule has 0 radical (unpaired) electrons. The van der Waals surface area contributed by atoms with Crippen LogP contribution in [-0.4, -0.2) is 18.1 Å². The molecule has 0 spiro atoms. The predicted octanol–water partition coefficient (Wildman–Crippen LogP) is 2.68. The number of ether oxygens (including phenoxy) is 1. The maximum absolute atomic E-state index is 9.56. The summed E-state index contributed by atoms with van der Waals surface area (Å²) in [6, 6.07) is 6.06. The van der Waals surface area contributed by atoms with Gasteiger partial charge in [-0.2, -0.15) is 5.26 Å². The van der Waals surface area contributed by atoms with E-state index >= 15 is 0 Å². The first-order valence-corrected chi connectivity index (χ1v) is 8.41. The van der Waals surface area contributed by atoms with Gasteiger partial charge in [-0.15, -0.1) is 0 Å². The molecule has 2 aromatic rings. The van der Waals surface area contributed by atoms with Crippen molar-refractivity contribution < 1.29 is 9.15 Å². The molecule has 1 atom stereocenters. The Labute approximate surface area is 140 Å². The minimum absolute atomic E-state index is 0.00571. The van der Waals surface area contributed by atoms with Crippen molar-refractivity contribution >= 4 is 5.82 Å². The summed E-state index contributed by atoms with van der Waals surface area (Å²) in [5.41, 5.74) is 9.15. The van der Waals surface area contributed by atoms with Gasteiger partial charge in [-0.25, -0.2) is 4.98 Å². The first-order valence-electron chi connectivity index (χ1n) is 8.41. The van der Waals surface area contributed by atoms with Crippen LogP contribution in [0.3, 0.4) is 0 Å². The van der Waals surface area contributed by atoms with Gasteiger partial charge in [0.1, 0.15) is 35.1 Å². The van der Waals surface area contributed by atoms with Crippen molar-refractivity contribution in [3.05, 3.63) is 34.7 Å². The van der Waals surface area contributed by atoms with Crippen LogP contribution in [0.5, 0.6) is 0 Å². The molecule has 6 nitrogen and oxygen atoms in total. The number of hydrogen-bond donors (Lipinski definition) is 2. The van der Waals surface area contributed by atoms with Gasteiger partial charge in [0.2, 0.25) is 0 Å². The Morgan fingerprint density at radius 3 is 3.04 bits per heavy atom. The quantitative estimate of drug-likeness (QED) is 0.881. The highest BCUT2D eigenvalue weighted by atomic mass is 16.5. The first kappa shape index (κ1) is 15.2. The lowest BCUT2D eigenvalue weighted by atomic mass is 9.95. The van der Waals surface area contributed by atoms with Gasteiger partial charge in [0.25, 0.3) is 0 Å². The maximum atomic E-state index is 9.56. The number of pyridine rings is 1. The summed E-state index contributed by atoms with van der Waals surface area (Å²) >= 11 is 0. The standard InChI is InChI=1S/C18H20N4O2/c19-9-11-17(12-10-21-7-6-13(12)22-18(11)20)16-5-4-15(24-16)14-3-1-2-8-23-14/h4-5,14,21H,1-3,6-8,10H2,(H2,20,22). The number of nitrogens with zero attached hydrogens (tertiary/aromatic N) is 2. The number of nitriles is 1. The molecular formula is C18H20N4O2. The second-order valence-corrected chi connectivity index (χ2v) is 6.27. The molecule has 2 aliphatic rings. The van der Waals surface area contributed by atoms with Gasteiger partial charge < -0.3 is 20.2 Å². The van der Waals surface area contributed by atoms with Crippen LogP contribution in [0.4, 0.5) is 5.82 Å². The third-order valence-corrected chi connectivity index (χ3v) is 4.73. The number of furan rings is 1. The zero-order valence-corrected chi connectivity index (χ0v) is 13.5. The number of hydrogen-bond acceptors (Lipinski definition) is 6. The van der Waals surface area contributed by atoms with Crippen molar-refractivity contribution in [1.29, 1.82) is 5.26 Å². The van der Waals surface area contributed by atoms with Gasteiger partial charge in [-0.3, -0.25) is 0 Å². The minimum Gasteiger partial charge on any atom is -0.458 e. The van der Waals surface area contributed by atoms with E-state index in [-0.39, 0.29) is 11.9 Å². The molecule has 24 heavy (non-hydrogen) atoms. The molecule has 4 heterocycles. The average molecular weight is 324 g/mol. The second kappa shape index (κ2) is 6.27. The summed E-state index contributed by atoms with van der Waals surface area (Å²) in [5, 5.41) is 12.9. The third kappa shape index (κ3) is 2.56. The Kier molecular flexibility index (Phi) is 3.97. The third-order valence-electron chi connectivity index (χ3n) is 4.73. The zero-order valence-electron chi connectivity index (χ0n) is 13.5. The van der Waals surface area contributed by atoms with Crippen LogP contribution in [0.2, 0.25) is 0 Å². The molecule has 1 saturated heterocycles. The van der Waals surface area contributed by atoms with Gasteiger partial charge in [0, 0.05) is 37.4 Å². The molecular weight excluding hydrogens is 304 g/mol. The van der Waals surface area contributed by atoms with Crippen molar-refractivity contribution in [2.24, 2.45) is 0 Å². The van der Waals surface area contributed by atoms with E-state index in [0.717, 1.165) is 61.4 Å². The molecule has 6 heteroatoms. The van der Waals surface area contributed by atoms with Crippen molar-refractivity contribution in [1.82, 2.24) is 10.3 Å². The van der Waals surface area contributed by atoms with Crippen LogP contribution in [0.15, 0.2) is 16.5 Å². The van der Waals surface area contributed by atoms with Crippen LogP contribution in [0, 0.1) is 11.3 Å². The Bertz CT molecular complexity index is 800. The van der Waals surface area contributed by atoms with E-state index in [4.69, 9.17) is 14.9 Å². The van der Waals surface area contributed by atoms with Crippen molar-refractivity contribution in [2.45, 2.75) is 38.3 Å². The minimum atomic E-state index is 0.00571. The van der Waals surface area contributed by atoms with Crippen LogP contribution < -0.4 is 11.1 Å². The predicted molar refractivity (Wildman–Crippen MR) is 89.0 cm³/mol. The molecule has 0 aliphatic carbocycles. The topological polar surface area (TPSA) is 97.1 Å². The Morgan fingerprint density at radius 1 is 1.33 bits per heavy atom. The Hall–Kier alpha value is -2.36. The monoisotopic (exact) mass is 324 g/mol. The number of nitrogen functional groups attached to an aromatic ring is 1. The van der Waals surface area contributed by atoms with Gasteiger partial charge in [-0.05, 0) is 37.0 Å². The number of aromatic nitrogens is 1. The van der Waals surface area contributed by atoms with Gasteiger partial charge in [0.15, 0.2) is 0 Å². The largest absolute Gasteiger partial charge is 0.458 e.